The quantitative estimate of drug-likeness (QED) is 0.776. The molecule has 3 aliphatic carbocycles. The molecule has 3 nitrogen and oxygen atoms in total. The normalized spacial score (nSPS) is 55.5. The molecule has 0 spiro atoms. The Labute approximate surface area is 121 Å². The Kier molecular flexibility index (Phi) is 3.12. The fourth-order valence-corrected chi connectivity index (χ4v) is 6.05. The van der Waals surface area contributed by atoms with Crippen LogP contribution in [0.25, 0.3) is 0 Å². The molecule has 0 aromatic rings. The third-order valence-electron chi connectivity index (χ3n) is 7.71. The van der Waals surface area contributed by atoms with Crippen LogP contribution in [0.2, 0.25) is 0 Å². The van der Waals surface area contributed by atoms with Crippen molar-refractivity contribution in [2.45, 2.75) is 65.4 Å². The van der Waals surface area contributed by atoms with Gasteiger partial charge in [-0.3, -0.25) is 4.79 Å². The summed E-state index contributed by atoms with van der Waals surface area (Å²) in [4.78, 5) is 12.6. The number of fused-ring (bicyclic) bond motifs is 3. The van der Waals surface area contributed by atoms with E-state index in [4.69, 9.17) is 0 Å². The topological polar surface area (TPSA) is 57.5 Å². The summed E-state index contributed by atoms with van der Waals surface area (Å²) in [5, 5.41) is 20.3. The molecule has 3 saturated carbocycles. The maximum absolute atomic E-state index is 12.6. The van der Waals surface area contributed by atoms with Crippen LogP contribution in [0.3, 0.4) is 0 Å². The van der Waals surface area contributed by atoms with Gasteiger partial charge in [-0.05, 0) is 49.4 Å². The second-order valence-corrected chi connectivity index (χ2v) is 8.13. The van der Waals surface area contributed by atoms with E-state index in [2.05, 4.69) is 13.8 Å². The first-order valence-corrected chi connectivity index (χ1v) is 8.13. The van der Waals surface area contributed by atoms with Gasteiger partial charge >= 0.3 is 0 Å². The fourth-order valence-electron chi connectivity index (χ4n) is 6.05. The van der Waals surface area contributed by atoms with Crippen LogP contribution in [0.4, 0.5) is 0 Å². The molecule has 0 bridgehead atoms. The van der Waals surface area contributed by atoms with Gasteiger partial charge in [-0.1, -0.05) is 20.8 Å². The van der Waals surface area contributed by atoms with Gasteiger partial charge in [0.05, 0.1) is 12.7 Å². The molecule has 0 amide bonds. The van der Waals surface area contributed by atoms with Crippen molar-refractivity contribution in [1.29, 1.82) is 0 Å². The highest BCUT2D eigenvalue weighted by molar-refractivity contribution is 5.88. The lowest BCUT2D eigenvalue weighted by Gasteiger charge is -2.63. The molecule has 3 heteroatoms. The van der Waals surface area contributed by atoms with Gasteiger partial charge in [0, 0.05) is 17.3 Å². The Morgan fingerprint density at radius 2 is 1.85 bits per heavy atom. The van der Waals surface area contributed by atoms with Crippen molar-refractivity contribution >= 4 is 5.78 Å². The molecule has 0 saturated heterocycles. The molecule has 6 atom stereocenters. The molecule has 0 unspecified atom stereocenters. The maximum Gasteiger partial charge on any atom is 0.139 e. The van der Waals surface area contributed by atoms with E-state index in [1.54, 1.807) is 0 Å². The Bertz CT molecular complexity index is 434. The van der Waals surface area contributed by atoms with Gasteiger partial charge in [-0.25, -0.2) is 0 Å². The standard InChI is InChI=1S/C17H28O3/c1-15(10-18)12-6-4-11-5-7-14(20)17(11,3)16(12,2)9-8-13(15)19/h11-13,18-19H,4-10H2,1-3H3/t11-,12-,13-,15-,16-,17+/m0/s1. The summed E-state index contributed by atoms with van der Waals surface area (Å²) in [7, 11) is 0. The van der Waals surface area contributed by atoms with Crippen LogP contribution in [0, 0.1) is 28.1 Å². The zero-order valence-corrected chi connectivity index (χ0v) is 13.0. The van der Waals surface area contributed by atoms with Gasteiger partial charge in [0.15, 0.2) is 0 Å². The number of carbonyl (C=O) groups is 1. The number of hydrogen-bond donors (Lipinski definition) is 2. The van der Waals surface area contributed by atoms with E-state index < -0.39 is 11.5 Å². The van der Waals surface area contributed by atoms with Gasteiger partial charge in [0.25, 0.3) is 0 Å². The third-order valence-corrected chi connectivity index (χ3v) is 7.71. The van der Waals surface area contributed by atoms with Crippen molar-refractivity contribution in [3.8, 4) is 0 Å². The molecule has 0 aromatic heterocycles. The second kappa shape index (κ2) is 4.30. The third kappa shape index (κ3) is 1.46. The zero-order valence-electron chi connectivity index (χ0n) is 13.0. The number of hydrogen-bond acceptors (Lipinski definition) is 3. The molecular formula is C17H28O3. The largest absolute Gasteiger partial charge is 0.396 e. The van der Waals surface area contributed by atoms with Crippen LogP contribution in [0.5, 0.6) is 0 Å². The minimum atomic E-state index is -0.455. The molecule has 2 N–H and O–H groups in total. The van der Waals surface area contributed by atoms with Crippen LogP contribution >= 0.6 is 0 Å². The summed E-state index contributed by atoms with van der Waals surface area (Å²) in [6.07, 6.45) is 5.05. The van der Waals surface area contributed by atoms with Crippen LogP contribution in [-0.2, 0) is 4.79 Å². The molecule has 0 heterocycles. The lowest BCUT2D eigenvalue weighted by Crippen LogP contribution is -2.62. The molecule has 3 fully saturated rings. The maximum atomic E-state index is 12.6. The monoisotopic (exact) mass is 280 g/mol. The van der Waals surface area contributed by atoms with E-state index in [-0.39, 0.29) is 23.4 Å². The van der Waals surface area contributed by atoms with Gasteiger partial charge < -0.3 is 10.2 Å². The van der Waals surface area contributed by atoms with E-state index in [0.29, 0.717) is 18.1 Å². The van der Waals surface area contributed by atoms with Crippen molar-refractivity contribution < 1.29 is 15.0 Å². The summed E-state index contributed by atoms with van der Waals surface area (Å²) in [5.41, 5.74) is -0.767. The fraction of sp³-hybridized carbons (Fsp3) is 0.941. The highest BCUT2D eigenvalue weighted by Crippen LogP contribution is 2.68. The molecule has 0 radical (unpaired) electrons. The minimum Gasteiger partial charge on any atom is -0.396 e. The first-order valence-electron chi connectivity index (χ1n) is 8.13. The first-order chi connectivity index (χ1) is 9.30. The Hall–Kier alpha value is -0.410. The number of rotatable bonds is 1. The Morgan fingerprint density at radius 3 is 2.50 bits per heavy atom. The molecule has 0 aromatic carbocycles. The van der Waals surface area contributed by atoms with Crippen LogP contribution < -0.4 is 0 Å². The molecule has 114 valence electrons. The average Bonchev–Trinajstić information content (AvgIpc) is 2.73. The van der Waals surface area contributed by atoms with E-state index in [0.717, 1.165) is 32.1 Å². The summed E-state index contributed by atoms with van der Waals surface area (Å²) in [5.74, 6) is 1.17. The van der Waals surface area contributed by atoms with E-state index in [1.165, 1.54) is 0 Å². The van der Waals surface area contributed by atoms with Crippen molar-refractivity contribution in [2.24, 2.45) is 28.1 Å². The van der Waals surface area contributed by atoms with Crippen LogP contribution in [-0.4, -0.2) is 28.7 Å². The average molecular weight is 280 g/mol. The van der Waals surface area contributed by atoms with Crippen molar-refractivity contribution in [3.05, 3.63) is 0 Å². The minimum absolute atomic E-state index is 0.0172. The van der Waals surface area contributed by atoms with Gasteiger partial charge in [0.2, 0.25) is 0 Å². The SMILES string of the molecule is C[C@@]1(CO)[C@@H](O)CC[C@@]2(C)[C@H]1CC[C@H]1CCC(=O)[C@@]12C. The molecule has 3 rings (SSSR count). The van der Waals surface area contributed by atoms with E-state index in [9.17, 15) is 15.0 Å². The predicted molar refractivity (Wildman–Crippen MR) is 77.1 cm³/mol. The van der Waals surface area contributed by atoms with Crippen LogP contribution in [0.1, 0.15) is 59.3 Å². The Balaban J connectivity index is 2.08. The smallest absolute Gasteiger partial charge is 0.139 e. The van der Waals surface area contributed by atoms with Crippen molar-refractivity contribution in [2.75, 3.05) is 6.61 Å². The predicted octanol–water partition coefficient (Wildman–Crippen LogP) is 2.54. The van der Waals surface area contributed by atoms with Crippen molar-refractivity contribution in [1.82, 2.24) is 0 Å². The van der Waals surface area contributed by atoms with Gasteiger partial charge in [0.1, 0.15) is 5.78 Å². The Morgan fingerprint density at radius 1 is 1.15 bits per heavy atom. The number of aliphatic hydroxyl groups excluding tert-OH is 2. The van der Waals surface area contributed by atoms with Gasteiger partial charge in [-0.15, -0.1) is 0 Å². The molecule has 0 aliphatic heterocycles. The molecule has 3 aliphatic rings. The molecule has 20 heavy (non-hydrogen) atoms. The summed E-state index contributed by atoms with van der Waals surface area (Å²) in [6.45, 7) is 6.47. The van der Waals surface area contributed by atoms with E-state index in [1.807, 2.05) is 6.92 Å². The zero-order chi connectivity index (χ0) is 14.8. The number of Topliss-reactive ketones (excluding diaryl/α,β-unsaturated/α-hetero) is 1. The van der Waals surface area contributed by atoms with Gasteiger partial charge in [-0.2, -0.15) is 0 Å². The first kappa shape index (κ1) is 14.5. The lowest BCUT2D eigenvalue weighted by atomic mass is 9.41. The van der Waals surface area contributed by atoms with Crippen molar-refractivity contribution in [3.63, 3.8) is 0 Å². The summed E-state index contributed by atoms with van der Waals surface area (Å²) < 4.78 is 0. The highest BCUT2D eigenvalue weighted by Gasteiger charge is 2.67. The van der Waals surface area contributed by atoms with Crippen LogP contribution in [0.15, 0.2) is 0 Å². The number of ketones is 1. The summed E-state index contributed by atoms with van der Waals surface area (Å²) >= 11 is 0. The summed E-state index contributed by atoms with van der Waals surface area (Å²) in [6, 6.07) is 0. The van der Waals surface area contributed by atoms with E-state index >= 15 is 0 Å². The number of carbonyl (C=O) groups excluding carboxylic acids is 1. The second-order valence-electron chi connectivity index (χ2n) is 8.13. The molecular weight excluding hydrogens is 252 g/mol. The number of aliphatic hydroxyl groups is 2. The lowest BCUT2D eigenvalue weighted by molar-refractivity contribution is -0.197. The highest BCUT2D eigenvalue weighted by atomic mass is 16.3.